The Labute approximate surface area is 83.3 Å². The molecule has 0 spiro atoms. The minimum atomic E-state index is -0.0607. The maximum absolute atomic E-state index is 13.4. The van der Waals surface area contributed by atoms with Crippen molar-refractivity contribution in [3.8, 4) is 0 Å². The summed E-state index contributed by atoms with van der Waals surface area (Å²) in [4.78, 5) is 0. The molecule has 1 aliphatic carbocycles. The van der Waals surface area contributed by atoms with Gasteiger partial charge in [0.25, 0.3) is 0 Å². The molecule has 14 heavy (non-hydrogen) atoms. The van der Waals surface area contributed by atoms with Crippen LogP contribution in [0.5, 0.6) is 0 Å². The summed E-state index contributed by atoms with van der Waals surface area (Å²) in [6.07, 6.45) is 1.24. The Morgan fingerprint density at radius 1 is 1.50 bits per heavy atom. The maximum Gasteiger partial charge on any atom is 0.126 e. The molecular weight excluding hydrogens is 177 g/mol. The standard InChI is InChI=1S/C12H14FN/c1-8-2-3-9(4-11(8)13)12-5-10(12)6-14-7-12/h2-4,10,14H,5-7H2,1H3. The van der Waals surface area contributed by atoms with Crippen molar-refractivity contribution >= 4 is 0 Å². The summed E-state index contributed by atoms with van der Waals surface area (Å²) < 4.78 is 13.4. The maximum atomic E-state index is 13.4. The van der Waals surface area contributed by atoms with Crippen molar-refractivity contribution in [2.75, 3.05) is 13.1 Å². The Bertz CT molecular complexity index is 388. The summed E-state index contributed by atoms with van der Waals surface area (Å²) in [6.45, 7) is 3.95. The van der Waals surface area contributed by atoms with E-state index >= 15 is 0 Å². The molecule has 0 amide bonds. The molecule has 0 aromatic heterocycles. The summed E-state index contributed by atoms with van der Waals surface area (Å²) >= 11 is 0. The van der Waals surface area contributed by atoms with Crippen molar-refractivity contribution < 1.29 is 4.39 Å². The topological polar surface area (TPSA) is 12.0 Å². The first-order chi connectivity index (χ1) is 6.72. The lowest BCUT2D eigenvalue weighted by Gasteiger charge is -2.12. The first-order valence-electron chi connectivity index (χ1n) is 5.20. The predicted molar refractivity (Wildman–Crippen MR) is 53.8 cm³/mol. The third-order valence-electron chi connectivity index (χ3n) is 3.81. The number of aryl methyl sites for hydroxylation is 1. The quantitative estimate of drug-likeness (QED) is 0.716. The lowest BCUT2D eigenvalue weighted by molar-refractivity contribution is 0.606. The molecule has 1 N–H and O–H groups in total. The van der Waals surface area contributed by atoms with Gasteiger partial charge in [-0.3, -0.25) is 0 Å². The van der Waals surface area contributed by atoms with Gasteiger partial charge in [0.2, 0.25) is 0 Å². The fourth-order valence-corrected chi connectivity index (χ4v) is 2.69. The molecule has 2 atom stereocenters. The van der Waals surface area contributed by atoms with Gasteiger partial charge in [-0.2, -0.15) is 0 Å². The van der Waals surface area contributed by atoms with Crippen LogP contribution in [0.25, 0.3) is 0 Å². The first kappa shape index (κ1) is 8.42. The largest absolute Gasteiger partial charge is 0.316 e. The zero-order valence-corrected chi connectivity index (χ0v) is 8.31. The van der Waals surface area contributed by atoms with Crippen molar-refractivity contribution in [1.29, 1.82) is 0 Å². The highest BCUT2D eigenvalue weighted by Gasteiger charge is 2.58. The molecule has 0 bridgehead atoms. The first-order valence-corrected chi connectivity index (χ1v) is 5.20. The van der Waals surface area contributed by atoms with Gasteiger partial charge >= 0.3 is 0 Å². The van der Waals surface area contributed by atoms with Crippen LogP contribution in [0.3, 0.4) is 0 Å². The Morgan fingerprint density at radius 3 is 2.93 bits per heavy atom. The van der Waals surface area contributed by atoms with E-state index in [0.717, 1.165) is 24.6 Å². The molecule has 1 aromatic carbocycles. The number of fused-ring (bicyclic) bond motifs is 1. The second kappa shape index (κ2) is 2.57. The van der Waals surface area contributed by atoms with Gasteiger partial charge in [0.1, 0.15) is 5.82 Å². The van der Waals surface area contributed by atoms with Crippen LogP contribution in [-0.2, 0) is 5.41 Å². The second-order valence-corrected chi connectivity index (χ2v) is 4.65. The van der Waals surface area contributed by atoms with E-state index in [0.29, 0.717) is 0 Å². The summed E-state index contributed by atoms with van der Waals surface area (Å²) in [5.41, 5.74) is 2.22. The van der Waals surface area contributed by atoms with Crippen LogP contribution in [0.4, 0.5) is 4.39 Å². The van der Waals surface area contributed by atoms with Gasteiger partial charge in [0, 0.05) is 12.0 Å². The molecule has 1 aromatic rings. The smallest absolute Gasteiger partial charge is 0.126 e. The monoisotopic (exact) mass is 191 g/mol. The van der Waals surface area contributed by atoms with Crippen LogP contribution in [0, 0.1) is 18.7 Å². The molecule has 1 aliphatic heterocycles. The number of nitrogens with one attached hydrogen (secondary N) is 1. The van der Waals surface area contributed by atoms with Gasteiger partial charge in [0.05, 0.1) is 0 Å². The zero-order chi connectivity index (χ0) is 9.76. The normalized spacial score (nSPS) is 34.3. The van der Waals surface area contributed by atoms with Gasteiger partial charge in [-0.25, -0.2) is 4.39 Å². The van der Waals surface area contributed by atoms with Crippen molar-refractivity contribution in [2.24, 2.45) is 5.92 Å². The average Bonchev–Trinajstić information content (AvgIpc) is 2.75. The van der Waals surface area contributed by atoms with Crippen LogP contribution in [0.15, 0.2) is 18.2 Å². The van der Waals surface area contributed by atoms with Gasteiger partial charge in [-0.1, -0.05) is 12.1 Å². The summed E-state index contributed by atoms with van der Waals surface area (Å²) in [7, 11) is 0. The molecule has 1 nitrogen and oxygen atoms in total. The molecule has 0 radical (unpaired) electrons. The van der Waals surface area contributed by atoms with Gasteiger partial charge < -0.3 is 5.32 Å². The molecule has 3 rings (SSSR count). The highest BCUT2D eigenvalue weighted by atomic mass is 19.1. The molecule has 74 valence electrons. The number of halogens is 1. The Morgan fingerprint density at radius 2 is 2.36 bits per heavy atom. The van der Waals surface area contributed by atoms with E-state index < -0.39 is 0 Å². The second-order valence-electron chi connectivity index (χ2n) is 4.65. The number of hydrogen-bond acceptors (Lipinski definition) is 1. The average molecular weight is 191 g/mol. The Balaban J connectivity index is 2.01. The van der Waals surface area contributed by atoms with Gasteiger partial charge in [-0.05, 0) is 43.0 Å². The lowest BCUT2D eigenvalue weighted by Crippen LogP contribution is -2.19. The highest BCUT2D eigenvalue weighted by Crippen LogP contribution is 2.56. The van der Waals surface area contributed by atoms with Crippen molar-refractivity contribution in [2.45, 2.75) is 18.8 Å². The molecule has 2 fully saturated rings. The molecule has 2 aliphatic rings. The van der Waals surface area contributed by atoms with Gasteiger partial charge in [0.15, 0.2) is 0 Å². The van der Waals surface area contributed by atoms with Crippen LogP contribution in [0.2, 0.25) is 0 Å². The van der Waals surface area contributed by atoms with E-state index in [-0.39, 0.29) is 11.2 Å². The fraction of sp³-hybridized carbons (Fsp3) is 0.500. The van der Waals surface area contributed by atoms with E-state index in [1.165, 1.54) is 12.0 Å². The van der Waals surface area contributed by atoms with E-state index in [1.807, 2.05) is 13.0 Å². The van der Waals surface area contributed by atoms with Crippen LogP contribution >= 0.6 is 0 Å². The Hall–Kier alpha value is -0.890. The van der Waals surface area contributed by atoms with E-state index in [1.54, 1.807) is 6.07 Å². The minimum absolute atomic E-state index is 0.0607. The molecule has 1 saturated carbocycles. The fourth-order valence-electron chi connectivity index (χ4n) is 2.69. The summed E-state index contributed by atoms with van der Waals surface area (Å²) in [6, 6.07) is 5.71. The van der Waals surface area contributed by atoms with Crippen LogP contribution in [0.1, 0.15) is 17.5 Å². The minimum Gasteiger partial charge on any atom is -0.316 e. The summed E-state index contributed by atoms with van der Waals surface area (Å²) in [5.74, 6) is 0.694. The Kier molecular flexibility index (Phi) is 1.55. The molecule has 1 heterocycles. The highest BCUT2D eigenvalue weighted by molar-refractivity contribution is 5.38. The van der Waals surface area contributed by atoms with E-state index in [2.05, 4.69) is 11.4 Å². The zero-order valence-electron chi connectivity index (χ0n) is 8.31. The molecule has 2 unspecified atom stereocenters. The van der Waals surface area contributed by atoms with E-state index in [9.17, 15) is 4.39 Å². The van der Waals surface area contributed by atoms with Crippen molar-refractivity contribution in [3.05, 3.63) is 35.1 Å². The third kappa shape index (κ3) is 0.976. The molecule has 2 heteroatoms. The SMILES string of the molecule is Cc1ccc(C23CNCC2C3)cc1F. The van der Waals surface area contributed by atoms with Crippen LogP contribution in [-0.4, -0.2) is 13.1 Å². The predicted octanol–water partition coefficient (Wildman–Crippen LogP) is 2.00. The third-order valence-corrected chi connectivity index (χ3v) is 3.81. The van der Waals surface area contributed by atoms with Crippen LogP contribution < -0.4 is 5.32 Å². The van der Waals surface area contributed by atoms with Gasteiger partial charge in [-0.15, -0.1) is 0 Å². The molecular formula is C12H14FN. The van der Waals surface area contributed by atoms with Crippen molar-refractivity contribution in [3.63, 3.8) is 0 Å². The molecule has 1 saturated heterocycles. The number of rotatable bonds is 1. The van der Waals surface area contributed by atoms with Crippen molar-refractivity contribution in [1.82, 2.24) is 5.32 Å². The summed E-state index contributed by atoms with van der Waals surface area (Å²) in [5, 5.41) is 3.37. The lowest BCUT2D eigenvalue weighted by atomic mass is 9.94. The van der Waals surface area contributed by atoms with E-state index in [4.69, 9.17) is 0 Å². The number of piperidine rings is 1. The number of hydrogen-bond donors (Lipinski definition) is 1. The number of benzene rings is 1.